The molecule has 0 aliphatic carbocycles. The lowest BCUT2D eigenvalue weighted by atomic mass is 10.1. The molecule has 2 rings (SSSR count). The molecule has 106 valence electrons. The van der Waals surface area contributed by atoms with Crippen molar-refractivity contribution in [2.45, 2.75) is 19.9 Å². The fourth-order valence-corrected chi connectivity index (χ4v) is 2.60. The van der Waals surface area contributed by atoms with Gasteiger partial charge in [-0.2, -0.15) is 0 Å². The lowest BCUT2D eigenvalue weighted by Crippen LogP contribution is -2.13. The van der Waals surface area contributed by atoms with E-state index in [0.717, 1.165) is 22.0 Å². The average molecular weight is 313 g/mol. The predicted molar refractivity (Wildman–Crippen MR) is 81.1 cm³/mol. The van der Waals surface area contributed by atoms with Crippen molar-refractivity contribution in [2.24, 2.45) is 5.73 Å². The first-order valence-corrected chi connectivity index (χ1v) is 7.08. The summed E-state index contributed by atoms with van der Waals surface area (Å²) in [6, 6.07) is 1.94. The molecule has 0 saturated heterocycles. The van der Waals surface area contributed by atoms with E-state index in [1.54, 1.807) is 13.1 Å². The van der Waals surface area contributed by atoms with Crippen molar-refractivity contribution < 1.29 is 8.78 Å². The van der Waals surface area contributed by atoms with E-state index in [1.807, 2.05) is 6.92 Å². The Kier molecular flexibility index (Phi) is 4.29. The molecule has 7 heteroatoms. The van der Waals surface area contributed by atoms with Gasteiger partial charge in [0.25, 0.3) is 0 Å². The number of nitrogens with two attached hydrogens (primary N) is 1. The fraction of sp³-hybridized carbons (Fsp3) is 0.231. The van der Waals surface area contributed by atoms with Crippen LogP contribution < -0.4 is 11.1 Å². The van der Waals surface area contributed by atoms with Crippen LogP contribution in [0.5, 0.6) is 0 Å². The van der Waals surface area contributed by atoms with Gasteiger partial charge >= 0.3 is 0 Å². The van der Waals surface area contributed by atoms with Gasteiger partial charge in [-0.15, -0.1) is 11.3 Å². The van der Waals surface area contributed by atoms with Crippen LogP contribution >= 0.6 is 23.6 Å². The Balaban J connectivity index is 2.27. The Morgan fingerprint density at radius 3 is 2.45 bits per heavy atom. The summed E-state index contributed by atoms with van der Waals surface area (Å²) in [5.41, 5.74) is 5.33. The van der Waals surface area contributed by atoms with Gasteiger partial charge in [-0.25, -0.2) is 13.8 Å². The van der Waals surface area contributed by atoms with Crippen molar-refractivity contribution in [1.29, 1.82) is 0 Å². The quantitative estimate of drug-likeness (QED) is 0.848. The standard InChI is InChI=1S/C13H13F2N3S2/c1-6-5-17-13(20-6)7(2)18-11-9(14)3-8(12(16)19)4-10(11)15/h3-5,7,18H,1-2H3,(H2,16,19). The van der Waals surface area contributed by atoms with Crippen LogP contribution in [0.15, 0.2) is 18.3 Å². The fourth-order valence-electron chi connectivity index (χ4n) is 1.70. The Morgan fingerprint density at radius 1 is 1.40 bits per heavy atom. The highest BCUT2D eigenvalue weighted by Gasteiger charge is 2.16. The van der Waals surface area contributed by atoms with Crippen molar-refractivity contribution in [2.75, 3.05) is 5.32 Å². The summed E-state index contributed by atoms with van der Waals surface area (Å²) in [6.45, 7) is 3.71. The van der Waals surface area contributed by atoms with Crippen LogP contribution in [0.4, 0.5) is 14.5 Å². The van der Waals surface area contributed by atoms with Gasteiger partial charge in [0.2, 0.25) is 0 Å². The maximum Gasteiger partial charge on any atom is 0.150 e. The number of aromatic nitrogens is 1. The lowest BCUT2D eigenvalue weighted by molar-refractivity contribution is 0.584. The maximum absolute atomic E-state index is 13.9. The number of aryl methyl sites for hydroxylation is 1. The van der Waals surface area contributed by atoms with Crippen LogP contribution in [-0.4, -0.2) is 9.97 Å². The molecule has 1 aromatic heterocycles. The highest BCUT2D eigenvalue weighted by molar-refractivity contribution is 7.80. The summed E-state index contributed by atoms with van der Waals surface area (Å²) in [7, 11) is 0. The van der Waals surface area contributed by atoms with Crippen molar-refractivity contribution >= 4 is 34.2 Å². The van der Waals surface area contributed by atoms with Crippen molar-refractivity contribution in [1.82, 2.24) is 4.98 Å². The number of halogens is 2. The van der Waals surface area contributed by atoms with E-state index in [0.29, 0.717) is 0 Å². The second kappa shape index (κ2) is 5.80. The topological polar surface area (TPSA) is 50.9 Å². The first-order chi connectivity index (χ1) is 9.38. The highest BCUT2D eigenvalue weighted by Crippen LogP contribution is 2.27. The van der Waals surface area contributed by atoms with Crippen LogP contribution in [0, 0.1) is 18.6 Å². The van der Waals surface area contributed by atoms with Gasteiger partial charge in [0.15, 0.2) is 0 Å². The number of thiazole rings is 1. The van der Waals surface area contributed by atoms with E-state index in [1.165, 1.54) is 11.3 Å². The second-order valence-electron chi connectivity index (χ2n) is 4.35. The molecule has 0 aliphatic rings. The molecule has 20 heavy (non-hydrogen) atoms. The number of hydrogen-bond acceptors (Lipinski definition) is 4. The summed E-state index contributed by atoms with van der Waals surface area (Å²) in [6.07, 6.45) is 1.72. The minimum Gasteiger partial charge on any atom is -0.389 e. The van der Waals surface area contributed by atoms with Gasteiger partial charge in [-0.1, -0.05) is 12.2 Å². The van der Waals surface area contributed by atoms with Crippen molar-refractivity contribution in [3.63, 3.8) is 0 Å². The summed E-state index contributed by atoms with van der Waals surface area (Å²) in [5, 5.41) is 3.55. The van der Waals surface area contributed by atoms with E-state index in [4.69, 9.17) is 18.0 Å². The molecule has 0 fully saturated rings. The number of benzene rings is 1. The smallest absolute Gasteiger partial charge is 0.150 e. The molecule has 3 N–H and O–H groups in total. The van der Waals surface area contributed by atoms with Crippen molar-refractivity contribution in [3.05, 3.63) is 45.4 Å². The number of nitrogens with one attached hydrogen (secondary N) is 1. The van der Waals surface area contributed by atoms with E-state index < -0.39 is 11.6 Å². The maximum atomic E-state index is 13.9. The van der Waals surface area contributed by atoms with E-state index in [2.05, 4.69) is 10.3 Å². The van der Waals surface area contributed by atoms with Crippen LogP contribution in [0.2, 0.25) is 0 Å². The number of nitrogens with zero attached hydrogens (tertiary/aromatic N) is 1. The zero-order valence-corrected chi connectivity index (χ0v) is 12.5. The molecular formula is C13H13F2N3S2. The Bertz CT molecular complexity index is 632. The molecule has 0 radical (unpaired) electrons. The minimum absolute atomic E-state index is 0.0436. The summed E-state index contributed by atoms with van der Waals surface area (Å²) in [5.74, 6) is -1.46. The highest BCUT2D eigenvalue weighted by atomic mass is 32.1. The largest absolute Gasteiger partial charge is 0.389 e. The number of anilines is 1. The monoisotopic (exact) mass is 313 g/mol. The Labute approximate surface area is 124 Å². The zero-order valence-electron chi connectivity index (χ0n) is 10.9. The first kappa shape index (κ1) is 14.8. The molecule has 1 heterocycles. The van der Waals surface area contributed by atoms with Gasteiger partial charge in [0.1, 0.15) is 27.3 Å². The minimum atomic E-state index is -0.729. The average Bonchev–Trinajstić information content (AvgIpc) is 2.80. The van der Waals surface area contributed by atoms with Crippen LogP contribution in [-0.2, 0) is 0 Å². The molecule has 0 amide bonds. The molecule has 0 saturated carbocycles. The molecule has 1 unspecified atom stereocenters. The summed E-state index contributed by atoms with van der Waals surface area (Å²) < 4.78 is 27.8. The Morgan fingerprint density at radius 2 is 2.00 bits per heavy atom. The van der Waals surface area contributed by atoms with Gasteiger partial charge in [-0.05, 0) is 26.0 Å². The molecule has 0 spiro atoms. The number of rotatable bonds is 4. The van der Waals surface area contributed by atoms with E-state index >= 15 is 0 Å². The van der Waals surface area contributed by atoms with Crippen LogP contribution in [0.1, 0.15) is 28.4 Å². The molecule has 2 aromatic rings. The molecule has 1 atom stereocenters. The normalized spacial score (nSPS) is 12.2. The van der Waals surface area contributed by atoms with Gasteiger partial charge in [-0.3, -0.25) is 0 Å². The third-order valence-electron chi connectivity index (χ3n) is 2.70. The second-order valence-corrected chi connectivity index (χ2v) is 6.06. The SMILES string of the molecule is Cc1cnc(C(C)Nc2c(F)cc(C(N)=S)cc2F)s1. The molecule has 0 bridgehead atoms. The van der Waals surface area contributed by atoms with Crippen molar-refractivity contribution in [3.8, 4) is 0 Å². The summed E-state index contributed by atoms with van der Waals surface area (Å²) >= 11 is 6.18. The predicted octanol–water partition coefficient (Wildman–Crippen LogP) is 3.54. The van der Waals surface area contributed by atoms with Gasteiger partial charge in [0, 0.05) is 16.6 Å². The van der Waals surface area contributed by atoms with E-state index in [9.17, 15) is 8.78 Å². The van der Waals surface area contributed by atoms with Crippen LogP contribution in [0.3, 0.4) is 0 Å². The van der Waals surface area contributed by atoms with E-state index in [-0.39, 0.29) is 22.3 Å². The van der Waals surface area contributed by atoms with Gasteiger partial charge < -0.3 is 11.1 Å². The molecule has 3 nitrogen and oxygen atoms in total. The molecular weight excluding hydrogens is 300 g/mol. The molecule has 0 aliphatic heterocycles. The van der Waals surface area contributed by atoms with Crippen LogP contribution in [0.25, 0.3) is 0 Å². The first-order valence-electron chi connectivity index (χ1n) is 5.86. The Hall–Kier alpha value is -1.60. The number of thiocarbonyl (C=S) groups is 1. The number of hydrogen-bond donors (Lipinski definition) is 2. The molecule has 1 aromatic carbocycles. The summed E-state index contributed by atoms with van der Waals surface area (Å²) in [4.78, 5) is 5.18. The lowest BCUT2D eigenvalue weighted by Gasteiger charge is -2.15. The third-order valence-corrected chi connectivity index (χ3v) is 4.03. The third kappa shape index (κ3) is 3.10. The zero-order chi connectivity index (χ0) is 14.9. The van der Waals surface area contributed by atoms with Gasteiger partial charge in [0.05, 0.1) is 6.04 Å².